The molecular formula is C10H16N4O3. The Morgan fingerprint density at radius 2 is 2.12 bits per heavy atom. The molecule has 94 valence electrons. The first-order chi connectivity index (χ1) is 7.90. The van der Waals surface area contributed by atoms with Gasteiger partial charge in [0, 0.05) is 25.4 Å². The third-order valence-electron chi connectivity index (χ3n) is 2.45. The van der Waals surface area contributed by atoms with Crippen LogP contribution in [0, 0.1) is 5.92 Å². The Labute approximate surface area is 98.8 Å². The zero-order valence-electron chi connectivity index (χ0n) is 9.97. The number of carbonyl (C=O) groups excluding carboxylic acids is 1. The largest absolute Gasteiger partial charge is 0.481 e. The minimum Gasteiger partial charge on any atom is -0.481 e. The van der Waals surface area contributed by atoms with Crippen molar-refractivity contribution >= 4 is 17.8 Å². The van der Waals surface area contributed by atoms with Crippen molar-refractivity contribution in [3.63, 3.8) is 0 Å². The van der Waals surface area contributed by atoms with Crippen LogP contribution in [0.5, 0.6) is 0 Å². The summed E-state index contributed by atoms with van der Waals surface area (Å²) >= 11 is 0. The molecule has 17 heavy (non-hydrogen) atoms. The number of carboxylic acid groups (broad SMARTS) is 1. The van der Waals surface area contributed by atoms with Gasteiger partial charge in [0.2, 0.25) is 0 Å². The van der Waals surface area contributed by atoms with E-state index in [0.29, 0.717) is 5.82 Å². The molecule has 0 saturated carbocycles. The van der Waals surface area contributed by atoms with Crippen LogP contribution in [0.15, 0.2) is 12.3 Å². The Kier molecular flexibility index (Phi) is 4.08. The first-order valence-corrected chi connectivity index (χ1v) is 5.20. The molecule has 0 saturated heterocycles. The quantitative estimate of drug-likeness (QED) is 0.720. The van der Waals surface area contributed by atoms with E-state index < -0.39 is 24.0 Å². The molecule has 0 aliphatic carbocycles. The van der Waals surface area contributed by atoms with Gasteiger partial charge in [0.25, 0.3) is 0 Å². The maximum Gasteiger partial charge on any atom is 0.320 e. The summed E-state index contributed by atoms with van der Waals surface area (Å²) in [6.07, 6.45) is 1.69. The van der Waals surface area contributed by atoms with Crippen LogP contribution in [-0.4, -0.2) is 32.9 Å². The number of hydrogen-bond acceptors (Lipinski definition) is 3. The lowest BCUT2D eigenvalue weighted by atomic mass is 10.0. The van der Waals surface area contributed by atoms with Gasteiger partial charge in [-0.25, -0.2) is 4.79 Å². The molecule has 2 unspecified atom stereocenters. The van der Waals surface area contributed by atoms with E-state index in [0.717, 1.165) is 0 Å². The topological polar surface area (TPSA) is 96.3 Å². The van der Waals surface area contributed by atoms with Gasteiger partial charge in [-0.15, -0.1) is 0 Å². The molecule has 1 rings (SSSR count). The lowest BCUT2D eigenvalue weighted by Gasteiger charge is -2.17. The predicted octanol–water partition coefficient (Wildman–Crippen LogP) is 0.651. The number of amides is 2. The number of nitrogens with one attached hydrogen (secondary N) is 2. The van der Waals surface area contributed by atoms with E-state index in [2.05, 4.69) is 15.7 Å². The molecule has 0 radical (unpaired) electrons. The highest BCUT2D eigenvalue weighted by molar-refractivity contribution is 5.88. The predicted molar refractivity (Wildman–Crippen MR) is 61.6 cm³/mol. The summed E-state index contributed by atoms with van der Waals surface area (Å²) in [6.45, 7) is 3.17. The Hall–Kier alpha value is -2.05. The Morgan fingerprint density at radius 3 is 2.59 bits per heavy atom. The Morgan fingerprint density at radius 1 is 1.47 bits per heavy atom. The lowest BCUT2D eigenvalue weighted by molar-refractivity contribution is -0.141. The van der Waals surface area contributed by atoms with Crippen molar-refractivity contribution in [1.29, 1.82) is 0 Å². The van der Waals surface area contributed by atoms with E-state index in [1.165, 1.54) is 6.92 Å². The average Bonchev–Trinajstić information content (AvgIpc) is 2.62. The molecule has 1 aromatic heterocycles. The van der Waals surface area contributed by atoms with Crippen LogP contribution in [-0.2, 0) is 11.8 Å². The van der Waals surface area contributed by atoms with Crippen molar-refractivity contribution in [1.82, 2.24) is 15.1 Å². The number of urea groups is 1. The van der Waals surface area contributed by atoms with Crippen LogP contribution < -0.4 is 10.6 Å². The summed E-state index contributed by atoms with van der Waals surface area (Å²) in [7, 11) is 1.73. The molecule has 0 spiro atoms. The minimum atomic E-state index is -0.948. The number of nitrogens with zero attached hydrogens (tertiary/aromatic N) is 2. The smallest absolute Gasteiger partial charge is 0.320 e. The van der Waals surface area contributed by atoms with Crippen molar-refractivity contribution in [2.24, 2.45) is 13.0 Å². The van der Waals surface area contributed by atoms with Crippen LogP contribution >= 0.6 is 0 Å². The second kappa shape index (κ2) is 5.33. The highest BCUT2D eigenvalue weighted by Crippen LogP contribution is 2.04. The number of anilines is 1. The number of aromatic nitrogens is 2. The zero-order chi connectivity index (χ0) is 13.0. The number of aliphatic carboxylic acids is 1. The average molecular weight is 240 g/mol. The van der Waals surface area contributed by atoms with Crippen molar-refractivity contribution in [3.8, 4) is 0 Å². The van der Waals surface area contributed by atoms with Crippen LogP contribution in [0.3, 0.4) is 0 Å². The van der Waals surface area contributed by atoms with Crippen molar-refractivity contribution in [2.75, 3.05) is 5.32 Å². The van der Waals surface area contributed by atoms with Gasteiger partial charge in [-0.2, -0.15) is 5.10 Å². The zero-order valence-corrected chi connectivity index (χ0v) is 9.97. The van der Waals surface area contributed by atoms with Crippen LogP contribution in [0.1, 0.15) is 13.8 Å². The number of carboxylic acids is 1. The second-order valence-electron chi connectivity index (χ2n) is 3.89. The standard InChI is InChI=1S/C10H16N4O3/c1-6(9(15)16)7(2)11-10(17)12-8-4-5-14(3)13-8/h4-7H,1-3H3,(H,15,16)(H2,11,12,13,17). The van der Waals surface area contributed by atoms with Crippen LogP contribution in [0.25, 0.3) is 0 Å². The molecule has 0 aliphatic heterocycles. The third kappa shape index (κ3) is 3.78. The summed E-state index contributed by atoms with van der Waals surface area (Å²) in [5.74, 6) is -1.18. The normalized spacial score (nSPS) is 13.8. The lowest BCUT2D eigenvalue weighted by Crippen LogP contribution is -2.42. The molecule has 0 aliphatic rings. The summed E-state index contributed by atoms with van der Waals surface area (Å²) < 4.78 is 1.55. The highest BCUT2D eigenvalue weighted by atomic mass is 16.4. The number of hydrogen-bond donors (Lipinski definition) is 3. The first kappa shape index (κ1) is 13.0. The van der Waals surface area contributed by atoms with Gasteiger partial charge < -0.3 is 10.4 Å². The SMILES string of the molecule is CC(NC(=O)Nc1ccn(C)n1)C(C)C(=O)O. The molecule has 1 aromatic rings. The van der Waals surface area contributed by atoms with Gasteiger partial charge in [-0.05, 0) is 13.8 Å². The van der Waals surface area contributed by atoms with E-state index in [9.17, 15) is 9.59 Å². The summed E-state index contributed by atoms with van der Waals surface area (Å²) in [5.41, 5.74) is 0. The molecule has 1 heterocycles. The number of carbonyl (C=O) groups is 2. The van der Waals surface area contributed by atoms with E-state index in [1.54, 1.807) is 30.9 Å². The van der Waals surface area contributed by atoms with Crippen LogP contribution in [0.4, 0.5) is 10.6 Å². The molecule has 7 nitrogen and oxygen atoms in total. The molecule has 2 amide bonds. The Bertz CT molecular complexity index is 415. The van der Waals surface area contributed by atoms with Gasteiger partial charge in [-0.1, -0.05) is 0 Å². The fourth-order valence-corrected chi connectivity index (χ4v) is 1.18. The van der Waals surface area contributed by atoms with E-state index in [-0.39, 0.29) is 0 Å². The highest BCUT2D eigenvalue weighted by Gasteiger charge is 2.21. The second-order valence-corrected chi connectivity index (χ2v) is 3.89. The monoisotopic (exact) mass is 240 g/mol. The minimum absolute atomic E-state index is 0.417. The summed E-state index contributed by atoms with van der Waals surface area (Å²) in [5, 5.41) is 17.8. The molecule has 2 atom stereocenters. The first-order valence-electron chi connectivity index (χ1n) is 5.20. The maximum absolute atomic E-state index is 11.5. The van der Waals surface area contributed by atoms with E-state index in [1.807, 2.05) is 0 Å². The molecule has 7 heteroatoms. The molecule has 0 bridgehead atoms. The maximum atomic E-state index is 11.5. The molecule has 0 aromatic carbocycles. The van der Waals surface area contributed by atoms with Crippen molar-refractivity contribution < 1.29 is 14.7 Å². The summed E-state index contributed by atoms with van der Waals surface area (Å²) in [4.78, 5) is 22.2. The molecule has 3 N–H and O–H groups in total. The van der Waals surface area contributed by atoms with Gasteiger partial charge in [0.15, 0.2) is 5.82 Å². The van der Waals surface area contributed by atoms with Crippen molar-refractivity contribution in [3.05, 3.63) is 12.3 Å². The van der Waals surface area contributed by atoms with Crippen molar-refractivity contribution in [2.45, 2.75) is 19.9 Å². The number of rotatable bonds is 4. The Balaban J connectivity index is 2.47. The van der Waals surface area contributed by atoms with E-state index >= 15 is 0 Å². The fourth-order valence-electron chi connectivity index (χ4n) is 1.18. The van der Waals surface area contributed by atoms with Gasteiger partial charge in [-0.3, -0.25) is 14.8 Å². The summed E-state index contributed by atoms with van der Waals surface area (Å²) in [6, 6.07) is 0.714. The van der Waals surface area contributed by atoms with Crippen LogP contribution in [0.2, 0.25) is 0 Å². The van der Waals surface area contributed by atoms with Gasteiger partial charge in [0.1, 0.15) is 0 Å². The molecule has 0 fully saturated rings. The number of aryl methyl sites for hydroxylation is 1. The fraction of sp³-hybridized carbons (Fsp3) is 0.500. The van der Waals surface area contributed by atoms with Gasteiger partial charge in [0.05, 0.1) is 5.92 Å². The third-order valence-corrected chi connectivity index (χ3v) is 2.45. The van der Waals surface area contributed by atoms with Gasteiger partial charge >= 0.3 is 12.0 Å². The van der Waals surface area contributed by atoms with E-state index in [4.69, 9.17) is 5.11 Å². The molecular weight excluding hydrogens is 224 g/mol.